The molecule has 0 unspecified atom stereocenters. The lowest BCUT2D eigenvalue weighted by molar-refractivity contribution is 0.171. The largest absolute Gasteiger partial charge is 0.486 e. The second kappa shape index (κ2) is 5.99. The first-order chi connectivity index (χ1) is 10.3. The molecule has 1 aromatic carbocycles. The Kier molecular flexibility index (Phi) is 3.90. The maximum absolute atomic E-state index is 5.62. The van der Waals surface area contributed by atoms with E-state index in [-0.39, 0.29) is 0 Å². The van der Waals surface area contributed by atoms with E-state index in [0.717, 1.165) is 41.4 Å². The third kappa shape index (κ3) is 2.91. The van der Waals surface area contributed by atoms with Crippen molar-refractivity contribution in [3.63, 3.8) is 0 Å². The average Bonchev–Trinajstić information content (AvgIpc) is 2.54. The molecule has 0 saturated heterocycles. The molecule has 0 aliphatic carbocycles. The van der Waals surface area contributed by atoms with Crippen LogP contribution in [0.4, 0.5) is 5.82 Å². The van der Waals surface area contributed by atoms with Crippen LogP contribution in [0.2, 0.25) is 0 Å². The van der Waals surface area contributed by atoms with E-state index in [0.29, 0.717) is 19.0 Å². The van der Waals surface area contributed by atoms with E-state index in [1.165, 1.54) is 0 Å². The number of anilines is 1. The summed E-state index contributed by atoms with van der Waals surface area (Å²) in [5.41, 5.74) is 1.98. The first-order valence-electron chi connectivity index (χ1n) is 7.26. The molecule has 1 aromatic heterocycles. The molecule has 0 radical (unpaired) electrons. The van der Waals surface area contributed by atoms with Gasteiger partial charge < -0.3 is 14.8 Å². The molecule has 2 heterocycles. The van der Waals surface area contributed by atoms with Crippen LogP contribution in [0.15, 0.2) is 24.3 Å². The number of aromatic nitrogens is 2. The number of hydrogen-bond acceptors (Lipinski definition) is 5. The molecule has 1 aliphatic heterocycles. The molecule has 5 heteroatoms. The normalized spacial score (nSPS) is 13.0. The van der Waals surface area contributed by atoms with Crippen LogP contribution in [0.25, 0.3) is 11.4 Å². The molecule has 0 amide bonds. The summed E-state index contributed by atoms with van der Waals surface area (Å²) in [5.74, 6) is 3.08. The van der Waals surface area contributed by atoms with Crippen molar-refractivity contribution >= 4 is 5.82 Å². The zero-order valence-electron chi connectivity index (χ0n) is 12.3. The van der Waals surface area contributed by atoms with Gasteiger partial charge in [0.25, 0.3) is 0 Å². The van der Waals surface area contributed by atoms with E-state index in [9.17, 15) is 0 Å². The Morgan fingerprint density at radius 3 is 2.67 bits per heavy atom. The smallest absolute Gasteiger partial charge is 0.162 e. The van der Waals surface area contributed by atoms with Gasteiger partial charge >= 0.3 is 0 Å². The van der Waals surface area contributed by atoms with Crippen molar-refractivity contribution in [3.8, 4) is 22.9 Å². The molecule has 2 aromatic rings. The molecule has 3 rings (SSSR count). The number of hydrogen-bond donors (Lipinski definition) is 1. The Hall–Kier alpha value is -2.30. The zero-order valence-corrected chi connectivity index (χ0v) is 12.3. The third-order valence-corrected chi connectivity index (χ3v) is 3.34. The summed E-state index contributed by atoms with van der Waals surface area (Å²) >= 11 is 0. The topological polar surface area (TPSA) is 56.3 Å². The van der Waals surface area contributed by atoms with Gasteiger partial charge in [-0.3, -0.25) is 0 Å². The lowest BCUT2D eigenvalue weighted by atomic mass is 10.1. The van der Waals surface area contributed by atoms with Gasteiger partial charge in [0, 0.05) is 24.4 Å². The number of nitrogens with zero attached hydrogens (tertiary/aromatic N) is 2. The van der Waals surface area contributed by atoms with Crippen LogP contribution in [-0.4, -0.2) is 30.2 Å². The van der Waals surface area contributed by atoms with Crippen LogP contribution in [0.5, 0.6) is 11.5 Å². The number of rotatable bonds is 4. The summed E-state index contributed by atoms with van der Waals surface area (Å²) in [6, 6.07) is 7.82. The predicted molar refractivity (Wildman–Crippen MR) is 82.0 cm³/mol. The van der Waals surface area contributed by atoms with Crippen molar-refractivity contribution in [2.24, 2.45) is 0 Å². The minimum absolute atomic E-state index is 0.578. The van der Waals surface area contributed by atoms with Crippen LogP contribution < -0.4 is 14.8 Å². The lowest BCUT2D eigenvalue weighted by Crippen LogP contribution is -2.15. The quantitative estimate of drug-likeness (QED) is 0.936. The number of ether oxygens (including phenoxy) is 2. The van der Waals surface area contributed by atoms with Crippen molar-refractivity contribution in [1.82, 2.24) is 9.97 Å². The van der Waals surface area contributed by atoms with E-state index in [1.54, 1.807) is 0 Å². The second-order valence-corrected chi connectivity index (χ2v) is 4.93. The van der Waals surface area contributed by atoms with E-state index in [1.807, 2.05) is 31.3 Å². The van der Waals surface area contributed by atoms with Crippen molar-refractivity contribution in [1.29, 1.82) is 0 Å². The highest BCUT2D eigenvalue weighted by atomic mass is 16.6. The Bertz CT molecular complexity index is 643. The molecule has 110 valence electrons. The summed E-state index contributed by atoms with van der Waals surface area (Å²) in [6.07, 6.45) is 2.00. The number of aryl methyl sites for hydroxylation is 1. The molecule has 0 atom stereocenters. The fourth-order valence-corrected chi connectivity index (χ4v) is 2.32. The number of nitrogens with one attached hydrogen (secondary N) is 1. The molecule has 0 bridgehead atoms. The van der Waals surface area contributed by atoms with Gasteiger partial charge in [0.1, 0.15) is 19.0 Å². The Labute approximate surface area is 124 Å². The van der Waals surface area contributed by atoms with Gasteiger partial charge in [-0.2, -0.15) is 0 Å². The molecule has 5 nitrogen and oxygen atoms in total. The van der Waals surface area contributed by atoms with Crippen LogP contribution in [-0.2, 0) is 6.42 Å². The van der Waals surface area contributed by atoms with E-state index >= 15 is 0 Å². The monoisotopic (exact) mass is 285 g/mol. The fraction of sp³-hybridized carbons (Fsp3) is 0.375. The number of fused-ring (bicyclic) bond motifs is 1. The maximum atomic E-state index is 5.62. The minimum Gasteiger partial charge on any atom is -0.486 e. The van der Waals surface area contributed by atoms with Crippen molar-refractivity contribution in [2.75, 3.05) is 25.6 Å². The van der Waals surface area contributed by atoms with Crippen LogP contribution in [0, 0.1) is 0 Å². The van der Waals surface area contributed by atoms with Gasteiger partial charge in [-0.25, -0.2) is 9.97 Å². The Morgan fingerprint density at radius 1 is 1.10 bits per heavy atom. The first kappa shape index (κ1) is 13.7. The van der Waals surface area contributed by atoms with Gasteiger partial charge in [0.15, 0.2) is 17.3 Å². The highest BCUT2D eigenvalue weighted by molar-refractivity contribution is 5.63. The molecule has 0 saturated carbocycles. The molecule has 0 spiro atoms. The predicted octanol–water partition coefficient (Wildman–Crippen LogP) is 2.91. The Morgan fingerprint density at radius 2 is 1.90 bits per heavy atom. The van der Waals surface area contributed by atoms with Crippen molar-refractivity contribution in [3.05, 3.63) is 30.0 Å². The van der Waals surface area contributed by atoms with Gasteiger partial charge in [-0.15, -0.1) is 0 Å². The fourth-order valence-electron chi connectivity index (χ4n) is 2.32. The lowest BCUT2D eigenvalue weighted by Gasteiger charge is -2.18. The molecule has 1 N–H and O–H groups in total. The van der Waals surface area contributed by atoms with Crippen LogP contribution in [0.3, 0.4) is 0 Å². The standard InChI is InChI=1S/C16H19N3O2/c1-3-4-12-10-15(17-2)19-16(18-12)11-5-6-13-14(9-11)21-8-7-20-13/h5-6,9-10H,3-4,7-8H2,1-2H3,(H,17,18,19). The first-order valence-corrected chi connectivity index (χ1v) is 7.26. The highest BCUT2D eigenvalue weighted by Crippen LogP contribution is 2.33. The van der Waals surface area contributed by atoms with Crippen LogP contribution >= 0.6 is 0 Å². The molecule has 1 aliphatic rings. The van der Waals surface area contributed by atoms with Crippen LogP contribution in [0.1, 0.15) is 19.0 Å². The molecular formula is C16H19N3O2. The SMILES string of the molecule is CCCc1cc(NC)nc(-c2ccc3c(c2)OCCO3)n1. The van der Waals surface area contributed by atoms with Gasteiger partial charge in [0.05, 0.1) is 0 Å². The highest BCUT2D eigenvalue weighted by Gasteiger charge is 2.14. The summed E-state index contributed by atoms with van der Waals surface area (Å²) in [7, 11) is 1.87. The average molecular weight is 285 g/mol. The van der Waals surface area contributed by atoms with Gasteiger partial charge in [-0.1, -0.05) is 13.3 Å². The van der Waals surface area contributed by atoms with Crippen molar-refractivity contribution < 1.29 is 9.47 Å². The molecular weight excluding hydrogens is 266 g/mol. The van der Waals surface area contributed by atoms with Crippen molar-refractivity contribution in [2.45, 2.75) is 19.8 Å². The summed E-state index contributed by atoms with van der Waals surface area (Å²) in [6.45, 7) is 3.32. The zero-order chi connectivity index (χ0) is 14.7. The number of benzene rings is 1. The van der Waals surface area contributed by atoms with E-state index in [4.69, 9.17) is 9.47 Å². The van der Waals surface area contributed by atoms with Gasteiger partial charge in [0.2, 0.25) is 0 Å². The summed E-state index contributed by atoms with van der Waals surface area (Å²) in [4.78, 5) is 9.18. The second-order valence-electron chi connectivity index (χ2n) is 4.93. The van der Waals surface area contributed by atoms with Gasteiger partial charge in [-0.05, 0) is 24.6 Å². The molecule has 0 fully saturated rings. The van der Waals surface area contributed by atoms with E-state index < -0.39 is 0 Å². The minimum atomic E-state index is 0.578. The maximum Gasteiger partial charge on any atom is 0.162 e. The molecule has 21 heavy (non-hydrogen) atoms. The summed E-state index contributed by atoms with van der Waals surface area (Å²) < 4.78 is 11.2. The summed E-state index contributed by atoms with van der Waals surface area (Å²) in [5, 5.41) is 3.09. The third-order valence-electron chi connectivity index (χ3n) is 3.34. The van der Waals surface area contributed by atoms with E-state index in [2.05, 4.69) is 22.2 Å². The Balaban J connectivity index is 2.00.